The Bertz CT molecular complexity index is 419. The van der Waals surface area contributed by atoms with Gasteiger partial charge < -0.3 is 10.1 Å². The standard InChI is InChI=1S/C13H20F3N3O/c1-9-10(7-18-19-9)6-17-11-3-2-4-12(5-11)20-8-13(14,15)16/h7,11-12,17H,2-6,8H2,1H3,(H,18,19). The predicted molar refractivity (Wildman–Crippen MR) is 68.2 cm³/mol. The van der Waals surface area contributed by atoms with Gasteiger partial charge in [-0.15, -0.1) is 0 Å². The third-order valence-corrected chi connectivity index (χ3v) is 3.62. The van der Waals surface area contributed by atoms with Gasteiger partial charge in [-0.1, -0.05) is 0 Å². The Hall–Kier alpha value is -1.08. The molecule has 1 aromatic rings. The molecule has 2 unspecified atom stereocenters. The second-order valence-corrected chi connectivity index (χ2v) is 5.31. The zero-order chi connectivity index (χ0) is 14.6. The summed E-state index contributed by atoms with van der Waals surface area (Å²) in [7, 11) is 0. The highest BCUT2D eigenvalue weighted by Gasteiger charge is 2.31. The van der Waals surface area contributed by atoms with E-state index in [0.29, 0.717) is 19.4 Å². The van der Waals surface area contributed by atoms with Gasteiger partial charge in [0.25, 0.3) is 0 Å². The van der Waals surface area contributed by atoms with Crippen LogP contribution < -0.4 is 5.32 Å². The maximum atomic E-state index is 12.1. The molecule has 1 aromatic heterocycles. The van der Waals surface area contributed by atoms with Gasteiger partial charge in [0, 0.05) is 23.8 Å². The van der Waals surface area contributed by atoms with Gasteiger partial charge in [-0.25, -0.2) is 0 Å². The van der Waals surface area contributed by atoms with Gasteiger partial charge in [0.15, 0.2) is 0 Å². The minimum Gasteiger partial charge on any atom is -0.369 e. The fourth-order valence-corrected chi connectivity index (χ4v) is 2.50. The lowest BCUT2D eigenvalue weighted by Gasteiger charge is -2.30. The van der Waals surface area contributed by atoms with Crippen LogP contribution in [0.1, 0.15) is 36.9 Å². The summed E-state index contributed by atoms with van der Waals surface area (Å²) in [4.78, 5) is 0. The van der Waals surface area contributed by atoms with Crippen molar-refractivity contribution in [1.29, 1.82) is 0 Å². The van der Waals surface area contributed by atoms with Gasteiger partial charge in [0.05, 0.1) is 12.3 Å². The average molecular weight is 291 g/mol. The largest absolute Gasteiger partial charge is 0.411 e. The first-order chi connectivity index (χ1) is 9.44. The Kier molecular flexibility index (Phi) is 5.04. The second kappa shape index (κ2) is 6.58. The Labute approximate surface area is 116 Å². The van der Waals surface area contributed by atoms with Crippen LogP contribution in [0.4, 0.5) is 13.2 Å². The van der Waals surface area contributed by atoms with Gasteiger partial charge in [0.2, 0.25) is 0 Å². The molecule has 0 aromatic carbocycles. The van der Waals surface area contributed by atoms with Crippen LogP contribution in [0, 0.1) is 6.92 Å². The van der Waals surface area contributed by atoms with E-state index in [-0.39, 0.29) is 12.1 Å². The van der Waals surface area contributed by atoms with Crippen molar-refractivity contribution < 1.29 is 17.9 Å². The molecule has 0 saturated heterocycles. The number of aryl methyl sites for hydroxylation is 1. The average Bonchev–Trinajstić information content (AvgIpc) is 2.79. The van der Waals surface area contributed by atoms with Crippen LogP contribution in [0.25, 0.3) is 0 Å². The SMILES string of the molecule is Cc1[nH]ncc1CNC1CCCC(OCC(F)(F)F)C1. The molecule has 0 aliphatic heterocycles. The molecular formula is C13H20F3N3O. The van der Waals surface area contributed by atoms with Crippen molar-refractivity contribution in [2.45, 2.75) is 57.5 Å². The molecule has 2 N–H and O–H groups in total. The normalized spacial score (nSPS) is 24.0. The number of hydrogen-bond acceptors (Lipinski definition) is 3. The lowest BCUT2D eigenvalue weighted by Crippen LogP contribution is -2.37. The number of hydrogen-bond donors (Lipinski definition) is 2. The Morgan fingerprint density at radius 2 is 2.25 bits per heavy atom. The highest BCUT2D eigenvalue weighted by Crippen LogP contribution is 2.24. The minimum absolute atomic E-state index is 0.205. The fourth-order valence-electron chi connectivity index (χ4n) is 2.50. The van der Waals surface area contributed by atoms with Crippen LogP contribution in [-0.4, -0.2) is 35.1 Å². The molecular weight excluding hydrogens is 271 g/mol. The lowest BCUT2D eigenvalue weighted by molar-refractivity contribution is -0.188. The van der Waals surface area contributed by atoms with Gasteiger partial charge in [-0.3, -0.25) is 5.10 Å². The van der Waals surface area contributed by atoms with Crippen LogP contribution in [0.2, 0.25) is 0 Å². The molecule has 0 spiro atoms. The summed E-state index contributed by atoms with van der Waals surface area (Å²) in [5, 5.41) is 10.2. The van der Waals surface area contributed by atoms with E-state index in [1.54, 1.807) is 6.20 Å². The first-order valence-electron chi connectivity index (χ1n) is 6.84. The van der Waals surface area contributed by atoms with Crippen LogP contribution >= 0.6 is 0 Å². The molecule has 1 fully saturated rings. The van der Waals surface area contributed by atoms with Crippen LogP contribution in [0.5, 0.6) is 0 Å². The van der Waals surface area contributed by atoms with Crippen LogP contribution in [0.3, 0.4) is 0 Å². The van der Waals surface area contributed by atoms with Crippen LogP contribution in [0.15, 0.2) is 6.20 Å². The van der Waals surface area contributed by atoms with E-state index in [4.69, 9.17) is 4.74 Å². The highest BCUT2D eigenvalue weighted by atomic mass is 19.4. The van der Waals surface area contributed by atoms with Crippen molar-refractivity contribution in [3.05, 3.63) is 17.5 Å². The first-order valence-corrected chi connectivity index (χ1v) is 6.84. The first kappa shape index (κ1) is 15.3. The van der Waals surface area contributed by atoms with Crippen molar-refractivity contribution in [2.24, 2.45) is 0 Å². The van der Waals surface area contributed by atoms with Gasteiger partial charge in [0.1, 0.15) is 6.61 Å². The van der Waals surface area contributed by atoms with Gasteiger partial charge in [-0.05, 0) is 32.6 Å². The fraction of sp³-hybridized carbons (Fsp3) is 0.769. The summed E-state index contributed by atoms with van der Waals surface area (Å²) in [5.74, 6) is 0. The number of halogens is 3. The number of nitrogens with zero attached hydrogens (tertiary/aromatic N) is 1. The van der Waals surface area contributed by atoms with E-state index in [9.17, 15) is 13.2 Å². The van der Waals surface area contributed by atoms with E-state index in [0.717, 1.165) is 24.1 Å². The molecule has 4 nitrogen and oxygen atoms in total. The van der Waals surface area contributed by atoms with E-state index in [2.05, 4.69) is 15.5 Å². The number of aromatic amines is 1. The molecule has 7 heteroatoms. The Balaban J connectivity index is 1.74. The number of alkyl halides is 3. The van der Waals surface area contributed by atoms with Crippen molar-refractivity contribution in [3.63, 3.8) is 0 Å². The van der Waals surface area contributed by atoms with Crippen molar-refractivity contribution >= 4 is 0 Å². The zero-order valence-electron chi connectivity index (χ0n) is 11.5. The monoisotopic (exact) mass is 291 g/mol. The maximum absolute atomic E-state index is 12.1. The summed E-state index contributed by atoms with van der Waals surface area (Å²) in [5.41, 5.74) is 2.10. The lowest BCUT2D eigenvalue weighted by atomic mass is 9.92. The quantitative estimate of drug-likeness (QED) is 0.877. The molecule has 0 bridgehead atoms. The molecule has 2 atom stereocenters. The number of H-pyrrole nitrogens is 1. The third-order valence-electron chi connectivity index (χ3n) is 3.62. The van der Waals surface area contributed by atoms with Crippen molar-refractivity contribution in [1.82, 2.24) is 15.5 Å². The molecule has 0 radical (unpaired) electrons. The number of aromatic nitrogens is 2. The summed E-state index contributed by atoms with van der Waals surface area (Å²) < 4.78 is 41.4. The molecule has 20 heavy (non-hydrogen) atoms. The Morgan fingerprint density at radius 3 is 2.90 bits per heavy atom. The van der Waals surface area contributed by atoms with E-state index >= 15 is 0 Å². The highest BCUT2D eigenvalue weighted by molar-refractivity contribution is 5.13. The topological polar surface area (TPSA) is 49.9 Å². The van der Waals surface area contributed by atoms with E-state index in [1.165, 1.54) is 0 Å². The summed E-state index contributed by atoms with van der Waals surface area (Å²) >= 11 is 0. The maximum Gasteiger partial charge on any atom is 0.411 e. The van der Waals surface area contributed by atoms with Gasteiger partial charge in [-0.2, -0.15) is 18.3 Å². The number of nitrogens with one attached hydrogen (secondary N) is 2. The molecule has 1 saturated carbocycles. The molecule has 1 aliphatic rings. The predicted octanol–water partition coefficient (Wildman–Crippen LogP) is 2.70. The van der Waals surface area contributed by atoms with Crippen LogP contribution in [-0.2, 0) is 11.3 Å². The zero-order valence-corrected chi connectivity index (χ0v) is 11.5. The van der Waals surface area contributed by atoms with E-state index in [1.807, 2.05) is 6.92 Å². The summed E-state index contributed by atoms with van der Waals surface area (Å²) in [6, 6.07) is 0.205. The summed E-state index contributed by atoms with van der Waals surface area (Å²) in [6.07, 6.45) is 0.435. The second-order valence-electron chi connectivity index (χ2n) is 5.31. The number of ether oxygens (including phenoxy) is 1. The third kappa shape index (κ3) is 4.79. The number of rotatable bonds is 5. The molecule has 1 heterocycles. The molecule has 1 aliphatic carbocycles. The molecule has 0 amide bonds. The molecule has 114 valence electrons. The van der Waals surface area contributed by atoms with Crippen molar-refractivity contribution in [3.8, 4) is 0 Å². The smallest absolute Gasteiger partial charge is 0.369 e. The molecule has 2 rings (SSSR count). The van der Waals surface area contributed by atoms with Crippen molar-refractivity contribution in [2.75, 3.05) is 6.61 Å². The Morgan fingerprint density at radius 1 is 1.45 bits per heavy atom. The minimum atomic E-state index is -4.24. The van der Waals surface area contributed by atoms with E-state index < -0.39 is 12.8 Å². The van der Waals surface area contributed by atoms with Gasteiger partial charge >= 0.3 is 6.18 Å². The summed E-state index contributed by atoms with van der Waals surface area (Å²) in [6.45, 7) is 1.48.